The second-order valence-electron chi connectivity index (χ2n) is 4.01. The molecule has 4 nitrogen and oxygen atoms in total. The van der Waals surface area contributed by atoms with Crippen LogP contribution in [0.1, 0.15) is 6.92 Å². The summed E-state index contributed by atoms with van der Waals surface area (Å²) in [5, 5.41) is 8.91. The van der Waals surface area contributed by atoms with Crippen LogP contribution in [-0.2, 0) is 11.3 Å². The monoisotopic (exact) mass is 230 g/mol. The van der Waals surface area contributed by atoms with Gasteiger partial charge in [-0.25, -0.2) is 4.98 Å². The van der Waals surface area contributed by atoms with Gasteiger partial charge in [0.25, 0.3) is 0 Å². The predicted octanol–water partition coefficient (Wildman–Crippen LogP) is 2.27. The number of hydrogen-bond acceptors (Lipinski definition) is 2. The van der Waals surface area contributed by atoms with Gasteiger partial charge in [0.05, 0.1) is 5.92 Å². The number of hydrogen-bond donors (Lipinski definition) is 1. The second-order valence-corrected chi connectivity index (χ2v) is 4.01. The van der Waals surface area contributed by atoms with Gasteiger partial charge in [-0.2, -0.15) is 0 Å². The van der Waals surface area contributed by atoms with Gasteiger partial charge in [-0.3, -0.25) is 4.79 Å². The Bertz CT molecular complexity index is 505. The maximum atomic E-state index is 10.8. The molecule has 1 N–H and O–H groups in total. The molecule has 2 rings (SSSR count). The van der Waals surface area contributed by atoms with E-state index in [1.54, 1.807) is 13.1 Å². The third-order valence-corrected chi connectivity index (χ3v) is 2.64. The van der Waals surface area contributed by atoms with Crippen LogP contribution in [0.2, 0.25) is 0 Å². The summed E-state index contributed by atoms with van der Waals surface area (Å²) in [5.74, 6) is -0.414. The standard InChI is InChI=1S/C13H14N2O2/c1-10(13(16)17)9-15-8-7-14-12(15)11-5-3-2-4-6-11/h2-8,10H,9H2,1H3,(H,16,17). The van der Waals surface area contributed by atoms with Crippen molar-refractivity contribution in [2.45, 2.75) is 13.5 Å². The molecule has 4 heteroatoms. The van der Waals surface area contributed by atoms with Crippen molar-refractivity contribution >= 4 is 5.97 Å². The first kappa shape index (κ1) is 11.4. The molecule has 0 amide bonds. The van der Waals surface area contributed by atoms with Gasteiger partial charge in [-0.15, -0.1) is 0 Å². The van der Waals surface area contributed by atoms with Crippen LogP contribution in [0.25, 0.3) is 11.4 Å². The first-order valence-corrected chi connectivity index (χ1v) is 5.48. The second kappa shape index (κ2) is 4.82. The van der Waals surface area contributed by atoms with Crippen molar-refractivity contribution in [3.63, 3.8) is 0 Å². The van der Waals surface area contributed by atoms with E-state index in [-0.39, 0.29) is 0 Å². The number of carbonyl (C=O) groups is 1. The number of aromatic nitrogens is 2. The molecule has 0 aliphatic rings. The number of benzene rings is 1. The Labute approximate surface area is 99.5 Å². The van der Waals surface area contributed by atoms with Crippen molar-refractivity contribution in [3.05, 3.63) is 42.7 Å². The van der Waals surface area contributed by atoms with Crippen LogP contribution in [0, 0.1) is 5.92 Å². The van der Waals surface area contributed by atoms with Gasteiger partial charge >= 0.3 is 5.97 Å². The molecule has 88 valence electrons. The van der Waals surface area contributed by atoms with Gasteiger partial charge in [0.2, 0.25) is 0 Å². The quantitative estimate of drug-likeness (QED) is 0.876. The summed E-state index contributed by atoms with van der Waals surface area (Å²) >= 11 is 0. The molecule has 17 heavy (non-hydrogen) atoms. The van der Waals surface area contributed by atoms with Gasteiger partial charge in [0.15, 0.2) is 0 Å². The Balaban J connectivity index is 2.26. The Morgan fingerprint density at radius 1 is 1.41 bits per heavy atom. The fraction of sp³-hybridized carbons (Fsp3) is 0.231. The van der Waals surface area contributed by atoms with E-state index in [1.165, 1.54) is 0 Å². The zero-order chi connectivity index (χ0) is 12.3. The van der Waals surface area contributed by atoms with Crippen LogP contribution in [0.15, 0.2) is 42.7 Å². The summed E-state index contributed by atoms with van der Waals surface area (Å²) in [4.78, 5) is 15.1. The average Bonchev–Trinajstić information content (AvgIpc) is 2.78. The summed E-state index contributed by atoms with van der Waals surface area (Å²) < 4.78 is 1.87. The van der Waals surface area contributed by atoms with E-state index in [9.17, 15) is 4.79 Å². The number of nitrogens with zero attached hydrogens (tertiary/aromatic N) is 2. The topological polar surface area (TPSA) is 55.1 Å². The lowest BCUT2D eigenvalue weighted by Crippen LogP contribution is -2.16. The molecule has 1 unspecified atom stereocenters. The summed E-state index contributed by atoms with van der Waals surface area (Å²) in [7, 11) is 0. The molecular weight excluding hydrogens is 216 g/mol. The Morgan fingerprint density at radius 3 is 2.76 bits per heavy atom. The highest BCUT2D eigenvalue weighted by atomic mass is 16.4. The van der Waals surface area contributed by atoms with Crippen molar-refractivity contribution in [1.29, 1.82) is 0 Å². The third kappa shape index (κ3) is 2.53. The molecule has 0 fully saturated rings. The van der Waals surface area contributed by atoms with Gasteiger partial charge in [0, 0.05) is 24.5 Å². The minimum atomic E-state index is -0.794. The van der Waals surface area contributed by atoms with Crippen LogP contribution < -0.4 is 0 Å². The molecule has 1 atom stereocenters. The number of rotatable bonds is 4. The van der Waals surface area contributed by atoms with E-state index in [4.69, 9.17) is 5.11 Å². The minimum absolute atomic E-state index is 0.424. The van der Waals surface area contributed by atoms with Crippen molar-refractivity contribution in [1.82, 2.24) is 9.55 Å². The molecule has 0 bridgehead atoms. The highest BCUT2D eigenvalue weighted by Crippen LogP contribution is 2.17. The third-order valence-electron chi connectivity index (χ3n) is 2.64. The van der Waals surface area contributed by atoms with Crippen molar-refractivity contribution in [3.8, 4) is 11.4 Å². The molecule has 0 saturated heterocycles. The van der Waals surface area contributed by atoms with E-state index in [2.05, 4.69) is 4.98 Å². The van der Waals surface area contributed by atoms with Crippen LogP contribution in [-0.4, -0.2) is 20.6 Å². The SMILES string of the molecule is CC(Cn1ccnc1-c1ccccc1)C(=O)O. The maximum Gasteiger partial charge on any atom is 0.308 e. The molecule has 1 aromatic carbocycles. The van der Waals surface area contributed by atoms with Gasteiger partial charge in [-0.1, -0.05) is 37.3 Å². The van der Waals surface area contributed by atoms with Gasteiger partial charge < -0.3 is 9.67 Å². The molecular formula is C13H14N2O2. The van der Waals surface area contributed by atoms with Crippen LogP contribution >= 0.6 is 0 Å². The van der Waals surface area contributed by atoms with Crippen LogP contribution in [0.4, 0.5) is 0 Å². The predicted molar refractivity (Wildman–Crippen MR) is 64.5 cm³/mol. The van der Waals surface area contributed by atoms with Gasteiger partial charge in [0.1, 0.15) is 5.82 Å². The summed E-state index contributed by atoms with van der Waals surface area (Å²) in [5.41, 5.74) is 0.995. The van der Waals surface area contributed by atoms with E-state index < -0.39 is 11.9 Å². The lowest BCUT2D eigenvalue weighted by atomic mass is 10.1. The Kier molecular flexibility index (Phi) is 3.23. The molecule has 1 aromatic heterocycles. The van der Waals surface area contributed by atoms with E-state index in [1.807, 2.05) is 41.1 Å². The Hall–Kier alpha value is -2.10. The minimum Gasteiger partial charge on any atom is -0.481 e. The maximum absolute atomic E-state index is 10.8. The lowest BCUT2D eigenvalue weighted by Gasteiger charge is -2.10. The molecule has 2 aromatic rings. The normalized spacial score (nSPS) is 12.3. The zero-order valence-electron chi connectivity index (χ0n) is 9.58. The summed E-state index contributed by atoms with van der Waals surface area (Å²) in [6, 6.07) is 9.75. The van der Waals surface area contributed by atoms with Crippen molar-refractivity contribution in [2.75, 3.05) is 0 Å². The zero-order valence-corrected chi connectivity index (χ0v) is 9.58. The molecule has 0 aliphatic heterocycles. The first-order valence-electron chi connectivity index (χ1n) is 5.48. The van der Waals surface area contributed by atoms with Crippen molar-refractivity contribution in [2.24, 2.45) is 5.92 Å². The highest BCUT2D eigenvalue weighted by molar-refractivity contribution is 5.69. The highest BCUT2D eigenvalue weighted by Gasteiger charge is 2.14. The first-order chi connectivity index (χ1) is 8.18. The summed E-state index contributed by atoms with van der Waals surface area (Å²) in [6.45, 7) is 2.12. The van der Waals surface area contributed by atoms with Gasteiger partial charge in [-0.05, 0) is 0 Å². The van der Waals surface area contributed by atoms with E-state index in [0.717, 1.165) is 11.4 Å². The largest absolute Gasteiger partial charge is 0.481 e. The fourth-order valence-electron chi connectivity index (χ4n) is 1.68. The van der Waals surface area contributed by atoms with E-state index in [0.29, 0.717) is 6.54 Å². The van der Waals surface area contributed by atoms with Crippen LogP contribution in [0.5, 0.6) is 0 Å². The average molecular weight is 230 g/mol. The lowest BCUT2D eigenvalue weighted by molar-refractivity contribution is -0.141. The van der Waals surface area contributed by atoms with E-state index >= 15 is 0 Å². The smallest absolute Gasteiger partial charge is 0.308 e. The van der Waals surface area contributed by atoms with Crippen LogP contribution in [0.3, 0.4) is 0 Å². The molecule has 0 aliphatic carbocycles. The summed E-state index contributed by atoms with van der Waals surface area (Å²) in [6.07, 6.45) is 3.50. The van der Waals surface area contributed by atoms with Crippen molar-refractivity contribution < 1.29 is 9.90 Å². The number of carboxylic acid groups (broad SMARTS) is 1. The molecule has 0 radical (unpaired) electrons. The fourth-order valence-corrected chi connectivity index (χ4v) is 1.68. The number of carboxylic acids is 1. The molecule has 0 spiro atoms. The molecule has 1 heterocycles. The number of aliphatic carboxylic acids is 1. The Morgan fingerprint density at radius 2 is 2.12 bits per heavy atom. The number of imidazole rings is 1. The molecule has 0 saturated carbocycles.